The van der Waals surface area contributed by atoms with Gasteiger partial charge in [-0.05, 0) is 36.5 Å². The third kappa shape index (κ3) is 3.28. The summed E-state index contributed by atoms with van der Waals surface area (Å²) in [7, 11) is 0. The lowest BCUT2D eigenvalue weighted by Crippen LogP contribution is -1.99. The number of oxime groups is 1. The van der Waals surface area contributed by atoms with Gasteiger partial charge in [0.2, 0.25) is 0 Å². The van der Waals surface area contributed by atoms with E-state index in [-0.39, 0.29) is 5.97 Å². The Morgan fingerprint density at radius 2 is 2.06 bits per heavy atom. The summed E-state index contributed by atoms with van der Waals surface area (Å²) in [6.45, 7) is 1.36. The number of nitrogens with zero attached hydrogens (tertiary/aromatic N) is 1. The van der Waals surface area contributed by atoms with E-state index < -0.39 is 0 Å². The molecule has 17 heavy (non-hydrogen) atoms. The van der Waals surface area contributed by atoms with Crippen molar-refractivity contribution in [3.8, 4) is 0 Å². The maximum Gasteiger partial charge on any atom is 0.331 e. The van der Waals surface area contributed by atoms with Gasteiger partial charge in [0.1, 0.15) is 0 Å². The highest BCUT2D eigenvalue weighted by Gasteiger charge is 2.16. The van der Waals surface area contributed by atoms with E-state index in [0.717, 1.165) is 36.1 Å². The molecule has 0 aliphatic heterocycles. The second-order valence-corrected chi connectivity index (χ2v) is 4.05. The fourth-order valence-electron chi connectivity index (χ4n) is 1.88. The summed E-state index contributed by atoms with van der Waals surface area (Å²) in [5.74, 6) is -0.372. The molecule has 0 aromatic heterocycles. The van der Waals surface area contributed by atoms with E-state index in [4.69, 9.17) is 4.84 Å². The zero-order valence-electron chi connectivity index (χ0n) is 9.85. The van der Waals surface area contributed by atoms with Crippen LogP contribution in [0.3, 0.4) is 0 Å². The number of hydrogen-bond acceptors (Lipinski definition) is 3. The molecular weight excluding hydrogens is 214 g/mol. The van der Waals surface area contributed by atoms with Crippen molar-refractivity contribution in [1.29, 1.82) is 0 Å². The van der Waals surface area contributed by atoms with Crippen molar-refractivity contribution >= 4 is 17.8 Å². The monoisotopic (exact) mass is 229 g/mol. The minimum absolute atomic E-state index is 0.372. The van der Waals surface area contributed by atoms with E-state index in [1.54, 1.807) is 0 Å². The fourth-order valence-corrected chi connectivity index (χ4v) is 1.88. The van der Waals surface area contributed by atoms with Crippen molar-refractivity contribution < 1.29 is 9.63 Å². The van der Waals surface area contributed by atoms with Crippen molar-refractivity contribution in [3.63, 3.8) is 0 Å². The van der Waals surface area contributed by atoms with Crippen molar-refractivity contribution in [2.45, 2.75) is 26.2 Å². The first-order valence-electron chi connectivity index (χ1n) is 5.76. The molecule has 1 aromatic rings. The van der Waals surface area contributed by atoms with Crippen molar-refractivity contribution in [1.82, 2.24) is 0 Å². The Kier molecular flexibility index (Phi) is 3.70. The van der Waals surface area contributed by atoms with Gasteiger partial charge in [0.15, 0.2) is 0 Å². The average Bonchev–Trinajstić information content (AvgIpc) is 2.75. The zero-order chi connectivity index (χ0) is 12.1. The number of rotatable bonds is 2. The van der Waals surface area contributed by atoms with E-state index in [1.165, 1.54) is 6.92 Å². The Labute approximate surface area is 101 Å². The standard InChI is InChI=1S/C14H15NO2/c1-11(16)17-15-14-9-5-8-13(14)10-12-6-3-2-4-7-12/h2-4,6-7,10H,5,8-9H2,1H3/b13-10+,15-14-. The largest absolute Gasteiger partial charge is 0.331 e. The summed E-state index contributed by atoms with van der Waals surface area (Å²) in [6.07, 6.45) is 5.05. The molecule has 0 saturated heterocycles. The molecule has 0 heterocycles. The molecule has 3 nitrogen and oxygen atoms in total. The fraction of sp³-hybridized carbons (Fsp3) is 0.286. The third-order valence-electron chi connectivity index (χ3n) is 2.66. The Hall–Kier alpha value is -1.90. The van der Waals surface area contributed by atoms with Crippen LogP contribution in [0, 0.1) is 0 Å². The first-order chi connectivity index (χ1) is 8.25. The Bertz CT molecular complexity index is 460. The molecule has 1 aliphatic rings. The molecule has 88 valence electrons. The first kappa shape index (κ1) is 11.6. The van der Waals surface area contributed by atoms with Crippen molar-refractivity contribution in [2.75, 3.05) is 0 Å². The quantitative estimate of drug-likeness (QED) is 0.577. The minimum Gasteiger partial charge on any atom is -0.318 e. The molecule has 3 heteroatoms. The number of benzene rings is 1. The predicted octanol–water partition coefficient (Wildman–Crippen LogP) is 3.17. The van der Waals surface area contributed by atoms with Gasteiger partial charge >= 0.3 is 5.97 Å². The maximum atomic E-state index is 10.7. The molecular formula is C14H15NO2. The van der Waals surface area contributed by atoms with E-state index in [1.807, 2.05) is 18.2 Å². The summed E-state index contributed by atoms with van der Waals surface area (Å²) < 4.78 is 0. The lowest BCUT2D eigenvalue weighted by atomic mass is 10.1. The molecule has 1 aliphatic carbocycles. The summed E-state index contributed by atoms with van der Waals surface area (Å²) in [5, 5.41) is 3.90. The summed E-state index contributed by atoms with van der Waals surface area (Å²) in [6, 6.07) is 10.1. The number of allylic oxidation sites excluding steroid dienone is 1. The molecule has 1 saturated carbocycles. The van der Waals surface area contributed by atoms with Gasteiger partial charge in [0.05, 0.1) is 5.71 Å². The molecule has 2 rings (SSSR count). The summed E-state index contributed by atoms with van der Waals surface area (Å²) >= 11 is 0. The van der Waals surface area contributed by atoms with Gasteiger partial charge in [-0.15, -0.1) is 0 Å². The van der Waals surface area contributed by atoms with Crippen LogP contribution in [0.4, 0.5) is 0 Å². The first-order valence-corrected chi connectivity index (χ1v) is 5.76. The minimum atomic E-state index is -0.372. The number of hydrogen-bond donors (Lipinski definition) is 0. The van der Waals surface area contributed by atoms with Gasteiger partial charge in [-0.2, -0.15) is 0 Å². The zero-order valence-corrected chi connectivity index (χ0v) is 9.85. The summed E-state index contributed by atoms with van der Waals surface area (Å²) in [4.78, 5) is 15.4. The van der Waals surface area contributed by atoms with Gasteiger partial charge in [-0.1, -0.05) is 35.5 Å². The molecule has 0 atom stereocenters. The van der Waals surface area contributed by atoms with Crippen LogP contribution in [0.25, 0.3) is 6.08 Å². The van der Waals surface area contributed by atoms with E-state index >= 15 is 0 Å². The maximum absolute atomic E-state index is 10.7. The molecule has 0 bridgehead atoms. The Morgan fingerprint density at radius 1 is 1.29 bits per heavy atom. The third-order valence-corrected chi connectivity index (χ3v) is 2.66. The second-order valence-electron chi connectivity index (χ2n) is 4.05. The van der Waals surface area contributed by atoms with E-state index in [9.17, 15) is 4.79 Å². The normalized spacial score (nSPS) is 19.8. The molecule has 0 amide bonds. The van der Waals surface area contributed by atoms with E-state index in [2.05, 4.69) is 23.4 Å². The molecule has 0 spiro atoms. The SMILES string of the molecule is CC(=O)O/N=C1/CCC/C1=C\c1ccccc1. The van der Waals surface area contributed by atoms with Crippen molar-refractivity contribution in [2.24, 2.45) is 5.16 Å². The smallest absolute Gasteiger partial charge is 0.318 e. The van der Waals surface area contributed by atoms with Gasteiger partial charge in [-0.25, -0.2) is 4.79 Å². The van der Waals surface area contributed by atoms with Crippen LogP contribution in [-0.4, -0.2) is 11.7 Å². The summed E-state index contributed by atoms with van der Waals surface area (Å²) in [5.41, 5.74) is 3.21. The van der Waals surface area contributed by atoms with Crippen LogP contribution >= 0.6 is 0 Å². The highest BCUT2D eigenvalue weighted by Crippen LogP contribution is 2.24. The second kappa shape index (κ2) is 5.43. The van der Waals surface area contributed by atoms with Gasteiger partial charge < -0.3 is 4.84 Å². The van der Waals surface area contributed by atoms with Crippen LogP contribution in [0.15, 0.2) is 41.1 Å². The number of carbonyl (C=O) groups is 1. The average molecular weight is 229 g/mol. The molecule has 0 radical (unpaired) electrons. The molecule has 1 fully saturated rings. The predicted molar refractivity (Wildman–Crippen MR) is 67.5 cm³/mol. The topological polar surface area (TPSA) is 38.7 Å². The van der Waals surface area contributed by atoms with Crippen LogP contribution in [-0.2, 0) is 9.63 Å². The van der Waals surface area contributed by atoms with E-state index in [0.29, 0.717) is 0 Å². The Morgan fingerprint density at radius 3 is 2.76 bits per heavy atom. The Balaban J connectivity index is 2.17. The van der Waals surface area contributed by atoms with Crippen LogP contribution < -0.4 is 0 Å². The van der Waals surface area contributed by atoms with Gasteiger partial charge in [0.25, 0.3) is 0 Å². The molecule has 0 unspecified atom stereocenters. The van der Waals surface area contributed by atoms with Gasteiger partial charge in [-0.3, -0.25) is 0 Å². The van der Waals surface area contributed by atoms with Crippen LogP contribution in [0.1, 0.15) is 31.7 Å². The molecule has 1 aromatic carbocycles. The van der Waals surface area contributed by atoms with Crippen molar-refractivity contribution in [3.05, 3.63) is 41.5 Å². The van der Waals surface area contributed by atoms with Gasteiger partial charge in [0, 0.05) is 6.92 Å². The lowest BCUT2D eigenvalue weighted by Gasteiger charge is -2.00. The van der Waals surface area contributed by atoms with Crippen LogP contribution in [0.2, 0.25) is 0 Å². The molecule has 0 N–H and O–H groups in total. The number of carbonyl (C=O) groups excluding carboxylic acids is 1. The highest BCUT2D eigenvalue weighted by atomic mass is 16.7. The van der Waals surface area contributed by atoms with Crippen LogP contribution in [0.5, 0.6) is 0 Å². The lowest BCUT2D eigenvalue weighted by molar-refractivity contribution is -0.140. The highest BCUT2D eigenvalue weighted by molar-refractivity contribution is 6.05.